The van der Waals surface area contributed by atoms with Gasteiger partial charge in [-0.1, -0.05) is 19.3 Å². The first-order valence-electron chi connectivity index (χ1n) is 9.97. The van der Waals surface area contributed by atoms with Crippen molar-refractivity contribution in [1.82, 2.24) is 5.32 Å². The monoisotopic (exact) mass is 372 g/mol. The van der Waals surface area contributed by atoms with E-state index in [-0.39, 0.29) is 29.7 Å². The standard InChI is InChI=1S/C21H28N2O4/c24-19(14-6-8-16(9-7-14)21(26)27)23-18-12-10-15(11-13-18)20(25)22-17-4-2-1-3-5-17/h10-14,16-17H,1-9H2,(H,22,25)(H,23,24)(H,26,27). The van der Waals surface area contributed by atoms with E-state index in [0.29, 0.717) is 36.9 Å². The first-order chi connectivity index (χ1) is 13.0. The second kappa shape index (κ2) is 9.02. The highest BCUT2D eigenvalue weighted by Crippen LogP contribution is 2.29. The molecule has 0 heterocycles. The summed E-state index contributed by atoms with van der Waals surface area (Å²) in [7, 11) is 0. The van der Waals surface area contributed by atoms with E-state index in [2.05, 4.69) is 10.6 Å². The molecule has 2 aliphatic rings. The normalized spacial score (nSPS) is 23.4. The SMILES string of the molecule is O=C(NC1CCCCC1)c1ccc(NC(=O)C2CCC(C(=O)O)CC2)cc1. The zero-order valence-electron chi connectivity index (χ0n) is 15.6. The van der Waals surface area contributed by atoms with Crippen molar-refractivity contribution < 1.29 is 19.5 Å². The van der Waals surface area contributed by atoms with Gasteiger partial charge in [-0.25, -0.2) is 0 Å². The number of aliphatic carboxylic acids is 1. The Hall–Kier alpha value is -2.37. The van der Waals surface area contributed by atoms with E-state index in [0.717, 1.165) is 12.8 Å². The van der Waals surface area contributed by atoms with Gasteiger partial charge in [0.2, 0.25) is 5.91 Å². The highest BCUT2D eigenvalue weighted by molar-refractivity contribution is 5.96. The van der Waals surface area contributed by atoms with Gasteiger partial charge in [0.1, 0.15) is 0 Å². The average Bonchev–Trinajstić information content (AvgIpc) is 2.69. The summed E-state index contributed by atoms with van der Waals surface area (Å²) in [6.07, 6.45) is 7.98. The fourth-order valence-corrected chi connectivity index (χ4v) is 4.07. The van der Waals surface area contributed by atoms with Crippen molar-refractivity contribution in [3.63, 3.8) is 0 Å². The van der Waals surface area contributed by atoms with Crippen LogP contribution < -0.4 is 10.6 Å². The summed E-state index contributed by atoms with van der Waals surface area (Å²) >= 11 is 0. The molecule has 2 amide bonds. The van der Waals surface area contributed by atoms with Gasteiger partial charge in [0, 0.05) is 23.2 Å². The van der Waals surface area contributed by atoms with Crippen LogP contribution in [-0.4, -0.2) is 28.9 Å². The van der Waals surface area contributed by atoms with Gasteiger partial charge in [-0.3, -0.25) is 14.4 Å². The van der Waals surface area contributed by atoms with Crippen LogP contribution in [0.5, 0.6) is 0 Å². The van der Waals surface area contributed by atoms with Crippen molar-refractivity contribution in [2.75, 3.05) is 5.32 Å². The quantitative estimate of drug-likeness (QED) is 0.736. The summed E-state index contributed by atoms with van der Waals surface area (Å²) in [6.45, 7) is 0. The first kappa shape index (κ1) is 19.4. The van der Waals surface area contributed by atoms with Crippen LogP contribution in [0.4, 0.5) is 5.69 Å². The van der Waals surface area contributed by atoms with Crippen molar-refractivity contribution in [3.8, 4) is 0 Å². The van der Waals surface area contributed by atoms with E-state index >= 15 is 0 Å². The number of carbonyl (C=O) groups is 3. The maximum absolute atomic E-state index is 12.4. The number of hydrogen-bond donors (Lipinski definition) is 3. The van der Waals surface area contributed by atoms with E-state index in [4.69, 9.17) is 5.11 Å². The molecule has 1 aromatic rings. The van der Waals surface area contributed by atoms with Gasteiger partial charge in [0.15, 0.2) is 0 Å². The highest BCUT2D eigenvalue weighted by atomic mass is 16.4. The third kappa shape index (κ3) is 5.31. The van der Waals surface area contributed by atoms with Crippen molar-refractivity contribution >= 4 is 23.5 Å². The minimum absolute atomic E-state index is 0.0632. The fourth-order valence-electron chi connectivity index (χ4n) is 4.07. The Morgan fingerprint density at radius 2 is 1.41 bits per heavy atom. The molecule has 1 aromatic carbocycles. The molecule has 3 N–H and O–H groups in total. The largest absolute Gasteiger partial charge is 0.481 e. The van der Waals surface area contributed by atoms with Crippen LogP contribution in [0.3, 0.4) is 0 Å². The Balaban J connectivity index is 1.49. The summed E-state index contributed by atoms with van der Waals surface area (Å²) in [5.41, 5.74) is 1.26. The number of carboxylic acids is 1. The second-order valence-electron chi connectivity index (χ2n) is 7.76. The summed E-state index contributed by atoms with van der Waals surface area (Å²) in [5, 5.41) is 15.0. The second-order valence-corrected chi connectivity index (χ2v) is 7.76. The molecule has 3 rings (SSSR count). The number of rotatable bonds is 5. The molecule has 2 saturated carbocycles. The lowest BCUT2D eigenvalue weighted by atomic mass is 9.81. The lowest BCUT2D eigenvalue weighted by Crippen LogP contribution is -2.36. The predicted octanol–water partition coefficient (Wildman–Crippen LogP) is 3.58. The number of nitrogens with one attached hydrogen (secondary N) is 2. The topological polar surface area (TPSA) is 95.5 Å². The summed E-state index contributed by atoms with van der Waals surface area (Å²) in [5.74, 6) is -1.37. The molecule has 0 atom stereocenters. The molecule has 2 fully saturated rings. The molecular formula is C21H28N2O4. The van der Waals surface area contributed by atoms with Gasteiger partial charge < -0.3 is 15.7 Å². The Morgan fingerprint density at radius 3 is 2.00 bits per heavy atom. The molecule has 0 spiro atoms. The lowest BCUT2D eigenvalue weighted by Gasteiger charge is -2.25. The predicted molar refractivity (Wildman–Crippen MR) is 102 cm³/mol. The Kier molecular flexibility index (Phi) is 6.48. The fraction of sp³-hybridized carbons (Fsp3) is 0.571. The van der Waals surface area contributed by atoms with Gasteiger partial charge in [-0.15, -0.1) is 0 Å². The Labute approximate surface area is 159 Å². The van der Waals surface area contributed by atoms with Crippen molar-refractivity contribution in [2.45, 2.75) is 63.8 Å². The van der Waals surface area contributed by atoms with Crippen molar-refractivity contribution in [2.24, 2.45) is 11.8 Å². The van der Waals surface area contributed by atoms with Crippen LogP contribution in [0.1, 0.15) is 68.1 Å². The molecule has 0 aromatic heterocycles. The average molecular weight is 372 g/mol. The molecule has 0 bridgehead atoms. The zero-order valence-corrected chi connectivity index (χ0v) is 15.6. The number of carbonyl (C=O) groups excluding carboxylic acids is 2. The van der Waals surface area contributed by atoms with Gasteiger partial charge in [0.05, 0.1) is 5.92 Å². The third-order valence-corrected chi connectivity index (χ3v) is 5.80. The van der Waals surface area contributed by atoms with E-state index in [1.807, 2.05) is 0 Å². The number of anilines is 1. The maximum Gasteiger partial charge on any atom is 0.306 e. The van der Waals surface area contributed by atoms with Crippen LogP contribution in [-0.2, 0) is 9.59 Å². The third-order valence-electron chi connectivity index (χ3n) is 5.80. The smallest absolute Gasteiger partial charge is 0.306 e. The van der Waals surface area contributed by atoms with Gasteiger partial charge in [0.25, 0.3) is 5.91 Å². The highest BCUT2D eigenvalue weighted by Gasteiger charge is 2.29. The van der Waals surface area contributed by atoms with Gasteiger partial charge in [-0.05, 0) is 62.8 Å². The van der Waals surface area contributed by atoms with Crippen molar-refractivity contribution in [3.05, 3.63) is 29.8 Å². The molecule has 0 aliphatic heterocycles. The Morgan fingerprint density at radius 1 is 0.815 bits per heavy atom. The summed E-state index contributed by atoms with van der Waals surface area (Å²) < 4.78 is 0. The molecule has 2 aliphatic carbocycles. The number of hydrogen-bond acceptors (Lipinski definition) is 3. The van der Waals surface area contributed by atoms with Gasteiger partial charge >= 0.3 is 5.97 Å². The summed E-state index contributed by atoms with van der Waals surface area (Å²) in [6, 6.07) is 7.23. The molecule has 0 unspecified atom stereocenters. The van der Waals surface area contributed by atoms with Crippen LogP contribution in [0, 0.1) is 11.8 Å². The van der Waals surface area contributed by atoms with Crippen molar-refractivity contribution in [1.29, 1.82) is 0 Å². The zero-order chi connectivity index (χ0) is 19.2. The van der Waals surface area contributed by atoms with E-state index in [1.54, 1.807) is 24.3 Å². The minimum Gasteiger partial charge on any atom is -0.481 e. The van der Waals surface area contributed by atoms with Crippen LogP contribution >= 0.6 is 0 Å². The number of benzene rings is 1. The van der Waals surface area contributed by atoms with E-state index in [9.17, 15) is 14.4 Å². The van der Waals surface area contributed by atoms with Crippen LogP contribution in [0.2, 0.25) is 0 Å². The van der Waals surface area contributed by atoms with Crippen LogP contribution in [0.25, 0.3) is 0 Å². The number of carboxylic acid groups (broad SMARTS) is 1. The lowest BCUT2D eigenvalue weighted by molar-refractivity contribution is -0.143. The van der Waals surface area contributed by atoms with Gasteiger partial charge in [-0.2, -0.15) is 0 Å². The molecule has 27 heavy (non-hydrogen) atoms. The number of amides is 2. The minimum atomic E-state index is -0.768. The molecular weight excluding hydrogens is 344 g/mol. The molecule has 6 nitrogen and oxygen atoms in total. The first-order valence-corrected chi connectivity index (χ1v) is 9.97. The molecule has 0 radical (unpaired) electrons. The maximum atomic E-state index is 12.4. The van der Waals surface area contributed by atoms with E-state index in [1.165, 1.54) is 19.3 Å². The van der Waals surface area contributed by atoms with Crippen LogP contribution in [0.15, 0.2) is 24.3 Å². The van der Waals surface area contributed by atoms with E-state index < -0.39 is 5.97 Å². The molecule has 146 valence electrons. The molecule has 0 saturated heterocycles. The summed E-state index contributed by atoms with van der Waals surface area (Å²) in [4.78, 5) is 35.7. The Bertz CT molecular complexity index is 672. The molecule has 6 heteroatoms.